The molecule has 1 aromatic carbocycles. The molecule has 0 saturated carbocycles. The van der Waals surface area contributed by atoms with Gasteiger partial charge in [0, 0.05) is 6.04 Å². The van der Waals surface area contributed by atoms with Crippen LogP contribution >= 0.6 is 0 Å². The van der Waals surface area contributed by atoms with Crippen molar-refractivity contribution < 1.29 is 5.11 Å². The molecule has 1 aliphatic heterocycles. The Balaban J connectivity index is 1.88. The number of hydrogen-bond acceptors (Lipinski definition) is 3. The Hall–Kier alpha value is -0.900. The van der Waals surface area contributed by atoms with Gasteiger partial charge in [0.25, 0.3) is 0 Å². The van der Waals surface area contributed by atoms with Crippen molar-refractivity contribution in [3.05, 3.63) is 35.9 Å². The molecule has 0 aliphatic carbocycles. The average molecular weight is 276 g/mol. The van der Waals surface area contributed by atoms with Gasteiger partial charge in [-0.3, -0.25) is 0 Å². The first-order valence-corrected chi connectivity index (χ1v) is 7.97. The van der Waals surface area contributed by atoms with Gasteiger partial charge in [-0.2, -0.15) is 0 Å². The Morgan fingerprint density at radius 2 is 2.05 bits per heavy atom. The monoisotopic (exact) mass is 276 g/mol. The quantitative estimate of drug-likeness (QED) is 0.838. The van der Waals surface area contributed by atoms with Crippen LogP contribution in [0.4, 0.5) is 0 Å². The minimum Gasteiger partial charge on any atom is -0.394 e. The highest BCUT2D eigenvalue weighted by atomic mass is 16.3. The van der Waals surface area contributed by atoms with Crippen LogP contribution in [-0.4, -0.2) is 42.3 Å². The number of hydrogen-bond donors (Lipinski definition) is 2. The van der Waals surface area contributed by atoms with Crippen LogP contribution in [-0.2, 0) is 0 Å². The maximum atomic E-state index is 9.64. The van der Waals surface area contributed by atoms with E-state index in [1.165, 1.54) is 50.9 Å². The molecule has 1 saturated heterocycles. The van der Waals surface area contributed by atoms with Crippen molar-refractivity contribution in [2.45, 2.75) is 44.7 Å². The Bertz CT molecular complexity index is 369. The van der Waals surface area contributed by atoms with Crippen LogP contribution in [0.25, 0.3) is 0 Å². The molecule has 1 fully saturated rings. The van der Waals surface area contributed by atoms with Gasteiger partial charge in [0.15, 0.2) is 0 Å². The van der Waals surface area contributed by atoms with Crippen LogP contribution < -0.4 is 5.32 Å². The minimum absolute atomic E-state index is 0.0684. The fourth-order valence-electron chi connectivity index (χ4n) is 3.09. The molecule has 2 rings (SSSR count). The zero-order valence-corrected chi connectivity index (χ0v) is 12.6. The first-order chi connectivity index (χ1) is 9.83. The molecule has 1 unspecified atom stereocenters. The van der Waals surface area contributed by atoms with Crippen LogP contribution in [0.5, 0.6) is 0 Å². The standard InChI is InChI=1S/C17H28N2O/c1-2-11-19-12-6-9-16(10-13-19)18-17(14-20)15-7-4-3-5-8-15/h3-5,7-8,16-18,20H,2,6,9-14H2,1H3/t16?,17-/m1/s1. The van der Waals surface area contributed by atoms with Crippen molar-refractivity contribution in [2.75, 3.05) is 26.2 Å². The molecule has 0 spiro atoms. The van der Waals surface area contributed by atoms with Crippen LogP contribution in [0.3, 0.4) is 0 Å². The molecule has 2 N–H and O–H groups in total. The molecule has 0 aromatic heterocycles. The van der Waals surface area contributed by atoms with E-state index in [1.54, 1.807) is 0 Å². The lowest BCUT2D eigenvalue weighted by Crippen LogP contribution is -2.35. The van der Waals surface area contributed by atoms with E-state index in [0.717, 1.165) is 0 Å². The molecule has 2 atom stereocenters. The molecule has 3 heteroatoms. The first kappa shape index (κ1) is 15.5. The predicted molar refractivity (Wildman–Crippen MR) is 83.8 cm³/mol. The summed E-state index contributed by atoms with van der Waals surface area (Å²) in [6.07, 6.45) is 4.89. The zero-order chi connectivity index (χ0) is 14.2. The maximum Gasteiger partial charge on any atom is 0.0626 e. The van der Waals surface area contributed by atoms with Gasteiger partial charge in [0.2, 0.25) is 0 Å². The summed E-state index contributed by atoms with van der Waals surface area (Å²) >= 11 is 0. The van der Waals surface area contributed by atoms with Gasteiger partial charge in [0.05, 0.1) is 12.6 Å². The third-order valence-corrected chi connectivity index (χ3v) is 4.18. The molecule has 1 heterocycles. The number of nitrogens with one attached hydrogen (secondary N) is 1. The average Bonchev–Trinajstić information content (AvgIpc) is 2.71. The predicted octanol–water partition coefficient (Wildman–Crippen LogP) is 2.57. The van der Waals surface area contributed by atoms with Gasteiger partial charge >= 0.3 is 0 Å². The minimum atomic E-state index is 0.0684. The van der Waals surface area contributed by atoms with Crippen LogP contribution in [0, 0.1) is 0 Å². The summed E-state index contributed by atoms with van der Waals surface area (Å²) in [5, 5.41) is 13.3. The summed E-state index contributed by atoms with van der Waals surface area (Å²) in [6.45, 7) is 6.03. The highest BCUT2D eigenvalue weighted by molar-refractivity contribution is 5.19. The van der Waals surface area contributed by atoms with Crippen molar-refractivity contribution in [1.82, 2.24) is 10.2 Å². The van der Waals surface area contributed by atoms with Crippen LogP contribution in [0.15, 0.2) is 30.3 Å². The second-order valence-corrected chi connectivity index (χ2v) is 5.78. The maximum absolute atomic E-state index is 9.64. The summed E-state index contributed by atoms with van der Waals surface area (Å²) in [4.78, 5) is 2.57. The lowest BCUT2D eigenvalue weighted by Gasteiger charge is -2.24. The fourth-order valence-corrected chi connectivity index (χ4v) is 3.09. The van der Waals surface area contributed by atoms with E-state index >= 15 is 0 Å². The SMILES string of the molecule is CCCN1CCCC(N[C@H](CO)c2ccccc2)CC1. The van der Waals surface area contributed by atoms with Crippen LogP contribution in [0.1, 0.15) is 44.2 Å². The fraction of sp³-hybridized carbons (Fsp3) is 0.647. The van der Waals surface area contributed by atoms with E-state index in [4.69, 9.17) is 0 Å². The summed E-state index contributed by atoms with van der Waals surface area (Å²) in [5.74, 6) is 0. The van der Waals surface area contributed by atoms with Gasteiger partial charge in [-0.05, 0) is 50.9 Å². The smallest absolute Gasteiger partial charge is 0.0626 e. The largest absolute Gasteiger partial charge is 0.394 e. The van der Waals surface area contributed by atoms with E-state index in [2.05, 4.69) is 29.3 Å². The molecule has 0 bridgehead atoms. The Kier molecular flexibility index (Phi) is 6.51. The third kappa shape index (κ3) is 4.58. The molecule has 0 radical (unpaired) electrons. The molecule has 1 aromatic rings. The van der Waals surface area contributed by atoms with Crippen molar-refractivity contribution in [1.29, 1.82) is 0 Å². The van der Waals surface area contributed by atoms with Gasteiger partial charge in [-0.25, -0.2) is 0 Å². The van der Waals surface area contributed by atoms with Crippen molar-refractivity contribution in [2.24, 2.45) is 0 Å². The normalized spacial score (nSPS) is 22.4. The zero-order valence-electron chi connectivity index (χ0n) is 12.6. The number of likely N-dealkylation sites (tertiary alicyclic amines) is 1. The van der Waals surface area contributed by atoms with E-state index in [-0.39, 0.29) is 12.6 Å². The number of aliphatic hydroxyl groups excluding tert-OH is 1. The second-order valence-electron chi connectivity index (χ2n) is 5.78. The van der Waals surface area contributed by atoms with E-state index in [0.29, 0.717) is 6.04 Å². The lowest BCUT2D eigenvalue weighted by molar-refractivity contribution is 0.226. The topological polar surface area (TPSA) is 35.5 Å². The number of benzene rings is 1. The van der Waals surface area contributed by atoms with Crippen LogP contribution in [0.2, 0.25) is 0 Å². The van der Waals surface area contributed by atoms with Gasteiger partial charge < -0.3 is 15.3 Å². The van der Waals surface area contributed by atoms with Crippen molar-refractivity contribution in [3.8, 4) is 0 Å². The first-order valence-electron chi connectivity index (χ1n) is 7.97. The summed E-state index contributed by atoms with van der Waals surface area (Å²) in [6, 6.07) is 10.9. The van der Waals surface area contributed by atoms with E-state index in [9.17, 15) is 5.11 Å². The second kappa shape index (κ2) is 8.40. The molecule has 0 amide bonds. The van der Waals surface area contributed by atoms with E-state index < -0.39 is 0 Å². The molecule has 3 nitrogen and oxygen atoms in total. The summed E-state index contributed by atoms with van der Waals surface area (Å²) < 4.78 is 0. The lowest BCUT2D eigenvalue weighted by atomic mass is 10.0. The molecular formula is C17H28N2O. The van der Waals surface area contributed by atoms with Crippen molar-refractivity contribution in [3.63, 3.8) is 0 Å². The molecular weight excluding hydrogens is 248 g/mol. The Morgan fingerprint density at radius 1 is 1.25 bits per heavy atom. The highest BCUT2D eigenvalue weighted by Crippen LogP contribution is 2.17. The van der Waals surface area contributed by atoms with Gasteiger partial charge in [-0.1, -0.05) is 37.3 Å². The van der Waals surface area contributed by atoms with Crippen molar-refractivity contribution >= 4 is 0 Å². The third-order valence-electron chi connectivity index (χ3n) is 4.18. The molecule has 20 heavy (non-hydrogen) atoms. The molecule has 112 valence electrons. The number of rotatable bonds is 6. The van der Waals surface area contributed by atoms with Gasteiger partial charge in [-0.15, -0.1) is 0 Å². The molecule has 1 aliphatic rings. The Morgan fingerprint density at radius 3 is 2.75 bits per heavy atom. The van der Waals surface area contributed by atoms with Gasteiger partial charge in [0.1, 0.15) is 0 Å². The number of nitrogens with zero attached hydrogens (tertiary/aromatic N) is 1. The summed E-state index contributed by atoms with van der Waals surface area (Å²) in [7, 11) is 0. The number of aliphatic hydroxyl groups is 1. The Labute approximate surface area is 123 Å². The van der Waals surface area contributed by atoms with E-state index in [1.807, 2.05) is 18.2 Å². The summed E-state index contributed by atoms with van der Waals surface area (Å²) in [5.41, 5.74) is 1.18. The highest BCUT2D eigenvalue weighted by Gasteiger charge is 2.20.